The Morgan fingerprint density at radius 1 is 1.04 bits per heavy atom. The van der Waals surface area contributed by atoms with Gasteiger partial charge in [0.05, 0.1) is 33.9 Å². The third-order valence-electron chi connectivity index (χ3n) is 10.2. The van der Waals surface area contributed by atoms with E-state index in [1.54, 1.807) is 44.7 Å². The lowest BCUT2D eigenvalue weighted by Crippen LogP contribution is -2.55. The van der Waals surface area contributed by atoms with E-state index in [1.807, 2.05) is 50.2 Å². The molecule has 1 spiro atoms. The topological polar surface area (TPSA) is 90.4 Å². The van der Waals surface area contributed by atoms with Gasteiger partial charge in [-0.15, -0.1) is 24.9 Å². The molecule has 3 fully saturated rings. The van der Waals surface area contributed by atoms with Crippen LogP contribution in [0.25, 0.3) is 0 Å². The van der Waals surface area contributed by atoms with Crippen molar-refractivity contribution < 1.29 is 24.2 Å². The Morgan fingerprint density at radius 3 is 2.38 bits per heavy atom. The number of nitrogens with zero attached hydrogens (tertiary/aromatic N) is 3. The van der Waals surface area contributed by atoms with Crippen LogP contribution in [0.4, 0.5) is 11.4 Å². The number of fused-ring (bicyclic) bond motifs is 1. The van der Waals surface area contributed by atoms with Gasteiger partial charge < -0.3 is 24.5 Å². The Kier molecular flexibility index (Phi) is 11.3. The van der Waals surface area contributed by atoms with E-state index in [0.29, 0.717) is 61.0 Å². The lowest BCUT2D eigenvalue weighted by atomic mass is 9.66. The first-order valence-electron chi connectivity index (χ1n) is 17.0. The molecule has 3 saturated heterocycles. The van der Waals surface area contributed by atoms with Crippen molar-refractivity contribution in [3.05, 3.63) is 78.4 Å². The number of ether oxygens (including phenoxy) is 1. The maximum absolute atomic E-state index is 15.0. The monoisotopic (exact) mass is 693 g/mol. The number of hydrogen-bond acceptors (Lipinski definition) is 6. The second-order valence-electron chi connectivity index (χ2n) is 13.2. The summed E-state index contributed by atoms with van der Waals surface area (Å²) >= 11 is 8.40. The number of likely N-dealkylation sites (tertiary alicyclic amines) is 1. The van der Waals surface area contributed by atoms with Gasteiger partial charge in [-0.2, -0.15) is 0 Å². The number of benzene rings is 2. The van der Waals surface area contributed by atoms with Gasteiger partial charge in [-0.1, -0.05) is 48.7 Å². The predicted octanol–water partition coefficient (Wildman–Crippen LogP) is 6.82. The van der Waals surface area contributed by atoms with Crippen molar-refractivity contribution in [3.63, 3.8) is 0 Å². The molecule has 5 atom stereocenters. The number of aliphatic hydroxyl groups excluding tert-OH is 1. The number of para-hydroxylation sites is 1. The number of aliphatic hydroxyl groups is 1. The van der Waals surface area contributed by atoms with Crippen LogP contribution in [0, 0.1) is 18.8 Å². The molecule has 258 valence electrons. The number of thioether (sulfide) groups is 1. The number of amides is 3. The fraction of sp³-hybridized carbons (Fsp3) is 0.500. The van der Waals surface area contributed by atoms with Crippen molar-refractivity contribution in [2.24, 2.45) is 11.8 Å². The number of carbonyl (C=O) groups is 3. The van der Waals surface area contributed by atoms with E-state index in [4.69, 9.17) is 16.3 Å². The summed E-state index contributed by atoms with van der Waals surface area (Å²) in [6.45, 7) is 15.4. The average Bonchev–Trinajstić information content (AvgIpc) is 3.63. The summed E-state index contributed by atoms with van der Waals surface area (Å²) in [5.74, 6) is -1.03. The van der Waals surface area contributed by atoms with Gasteiger partial charge in [-0.3, -0.25) is 14.4 Å². The van der Waals surface area contributed by atoms with E-state index in [2.05, 4.69) is 20.1 Å². The minimum Gasteiger partial charge on any atom is -0.494 e. The molecule has 10 heteroatoms. The number of unbranched alkanes of at least 4 members (excludes halogenated alkanes) is 3. The van der Waals surface area contributed by atoms with Gasteiger partial charge in [0.1, 0.15) is 11.8 Å². The van der Waals surface area contributed by atoms with Crippen LogP contribution in [0.2, 0.25) is 5.02 Å². The van der Waals surface area contributed by atoms with Gasteiger partial charge >= 0.3 is 0 Å². The summed E-state index contributed by atoms with van der Waals surface area (Å²) in [5.41, 5.74) is 2.17. The number of rotatable bonds is 16. The lowest BCUT2D eigenvalue weighted by molar-refractivity contribution is -0.139. The summed E-state index contributed by atoms with van der Waals surface area (Å²) in [6.07, 6.45) is 7.79. The van der Waals surface area contributed by atoms with Crippen LogP contribution in [0.1, 0.15) is 57.9 Å². The molecular formula is C38H48ClN3O5S. The Labute approximate surface area is 294 Å². The van der Waals surface area contributed by atoms with Crippen molar-refractivity contribution in [1.82, 2.24) is 4.90 Å². The molecule has 1 N–H and O–H groups in total. The minimum atomic E-state index is -0.776. The fourth-order valence-electron chi connectivity index (χ4n) is 8.11. The third-order valence-corrected chi connectivity index (χ3v) is 12.4. The van der Waals surface area contributed by atoms with Gasteiger partial charge in [-0.25, -0.2) is 0 Å². The maximum Gasteiger partial charge on any atom is 0.251 e. The Hall–Kier alpha value is -3.27. The molecule has 3 amide bonds. The van der Waals surface area contributed by atoms with Crippen LogP contribution < -0.4 is 14.5 Å². The van der Waals surface area contributed by atoms with Gasteiger partial charge in [0.2, 0.25) is 11.8 Å². The van der Waals surface area contributed by atoms with Gasteiger partial charge in [0, 0.05) is 36.7 Å². The molecule has 2 bridgehead atoms. The Balaban J connectivity index is 1.56. The van der Waals surface area contributed by atoms with Crippen molar-refractivity contribution >= 4 is 52.5 Å². The van der Waals surface area contributed by atoms with Crippen LogP contribution in [-0.4, -0.2) is 76.1 Å². The fourth-order valence-corrected chi connectivity index (χ4v) is 10.8. The number of aryl methyl sites for hydroxylation is 1. The summed E-state index contributed by atoms with van der Waals surface area (Å²) in [7, 11) is 0. The molecule has 8 nitrogen and oxygen atoms in total. The second kappa shape index (κ2) is 15.1. The van der Waals surface area contributed by atoms with Crippen LogP contribution in [0.15, 0.2) is 67.8 Å². The standard InChI is InChI=1S/C38H48ClN3O5S/c1-6-22-40(27-16-18-28(19-17-27)47-8-3)34(44)30-31-35(45)42(24-11-9-10-12-25-43)33(38(31)21-20-37(30,5)48-38)36(46)41(23-7-2)32-26(4)14-13-15-29(32)39/h6-7,13-19,30-31,33,43H,1-2,8-12,20-25H2,3-5H3/t30-,31-,33?,37+,38?/m0/s1. The highest BCUT2D eigenvalue weighted by Gasteiger charge is 2.77. The normalized spacial score (nSPS) is 25.6. The summed E-state index contributed by atoms with van der Waals surface area (Å²) in [4.78, 5) is 49.8. The first-order chi connectivity index (χ1) is 23.1. The molecule has 2 aromatic carbocycles. The minimum absolute atomic E-state index is 0.122. The van der Waals surface area contributed by atoms with Crippen LogP contribution in [0.3, 0.4) is 0 Å². The van der Waals surface area contributed by atoms with E-state index >= 15 is 4.79 Å². The molecule has 0 radical (unpaired) electrons. The molecule has 3 aliphatic heterocycles. The first-order valence-corrected chi connectivity index (χ1v) is 18.2. The van der Waals surface area contributed by atoms with Crippen LogP contribution in [-0.2, 0) is 14.4 Å². The molecule has 2 aromatic rings. The zero-order valence-corrected chi connectivity index (χ0v) is 29.9. The molecule has 3 heterocycles. The van der Waals surface area contributed by atoms with Crippen molar-refractivity contribution in [3.8, 4) is 5.75 Å². The first kappa shape index (κ1) is 36.0. The molecular weight excluding hydrogens is 646 g/mol. The molecule has 0 aromatic heterocycles. The van der Waals surface area contributed by atoms with Gasteiger partial charge in [-0.05, 0) is 82.3 Å². The van der Waals surface area contributed by atoms with E-state index in [1.165, 1.54) is 0 Å². The lowest BCUT2D eigenvalue weighted by Gasteiger charge is -2.38. The van der Waals surface area contributed by atoms with Crippen molar-refractivity contribution in [2.75, 3.05) is 42.6 Å². The SMILES string of the molecule is C=CCN(C(=O)[C@@H]1[C@H]2C(=O)N(CCCCCCO)C(C(=O)N(CC=C)c3c(C)cccc3Cl)C23CC[C@@]1(C)S3)c1ccc(OCC)cc1. The molecule has 0 aliphatic carbocycles. The number of anilines is 2. The van der Waals surface area contributed by atoms with E-state index in [9.17, 15) is 14.7 Å². The van der Waals surface area contributed by atoms with E-state index in [0.717, 1.165) is 18.4 Å². The zero-order chi connectivity index (χ0) is 34.6. The molecule has 5 rings (SSSR count). The molecule has 0 saturated carbocycles. The number of carbonyl (C=O) groups excluding carboxylic acids is 3. The Morgan fingerprint density at radius 2 is 1.73 bits per heavy atom. The van der Waals surface area contributed by atoms with E-state index in [-0.39, 0.29) is 37.4 Å². The quantitative estimate of drug-likeness (QED) is 0.153. The predicted molar refractivity (Wildman–Crippen MR) is 195 cm³/mol. The highest BCUT2D eigenvalue weighted by Crippen LogP contribution is 2.71. The number of hydrogen-bond donors (Lipinski definition) is 1. The summed E-state index contributed by atoms with van der Waals surface area (Å²) < 4.78 is 4.32. The van der Waals surface area contributed by atoms with Gasteiger partial charge in [0.15, 0.2) is 0 Å². The second-order valence-corrected chi connectivity index (χ2v) is 15.5. The summed E-state index contributed by atoms with van der Waals surface area (Å²) in [5, 5.41) is 9.76. The van der Waals surface area contributed by atoms with Crippen molar-refractivity contribution in [1.29, 1.82) is 0 Å². The van der Waals surface area contributed by atoms with Crippen LogP contribution in [0.5, 0.6) is 5.75 Å². The largest absolute Gasteiger partial charge is 0.494 e. The smallest absolute Gasteiger partial charge is 0.251 e. The average molecular weight is 694 g/mol. The van der Waals surface area contributed by atoms with Crippen molar-refractivity contribution in [2.45, 2.75) is 74.8 Å². The maximum atomic E-state index is 15.0. The highest BCUT2D eigenvalue weighted by atomic mass is 35.5. The van der Waals surface area contributed by atoms with Gasteiger partial charge in [0.25, 0.3) is 5.91 Å². The highest BCUT2D eigenvalue weighted by molar-refractivity contribution is 8.02. The van der Waals surface area contributed by atoms with Crippen LogP contribution >= 0.6 is 23.4 Å². The molecule has 3 aliphatic rings. The molecule has 2 unspecified atom stereocenters. The Bertz CT molecular complexity index is 1510. The third kappa shape index (κ3) is 6.41. The number of halogens is 1. The summed E-state index contributed by atoms with van der Waals surface area (Å²) in [6, 6.07) is 12.2. The molecule has 48 heavy (non-hydrogen) atoms. The zero-order valence-electron chi connectivity index (χ0n) is 28.3. The van der Waals surface area contributed by atoms with E-state index < -0.39 is 27.4 Å².